The molecule has 21 heavy (non-hydrogen) atoms. The van der Waals surface area contributed by atoms with Gasteiger partial charge in [-0.1, -0.05) is 19.8 Å². The molecule has 5 heteroatoms. The molecule has 1 aliphatic rings. The van der Waals surface area contributed by atoms with Crippen molar-refractivity contribution in [2.24, 2.45) is 5.41 Å². The second kappa shape index (κ2) is 6.24. The van der Waals surface area contributed by atoms with Gasteiger partial charge in [0.1, 0.15) is 5.69 Å². The van der Waals surface area contributed by atoms with Gasteiger partial charge in [-0.25, -0.2) is 9.78 Å². The number of carbonyl (C=O) groups is 2. The quantitative estimate of drug-likeness (QED) is 0.874. The summed E-state index contributed by atoms with van der Waals surface area (Å²) >= 11 is 0. The van der Waals surface area contributed by atoms with Gasteiger partial charge in [0.25, 0.3) is 5.91 Å². The standard InChI is InChI=1S/C16H22N2O3/c1-3-16(8-4-5-9-16)10-17-14(19)13-7-6-12(15(20)21)11(2)18-13/h6-7H,3-5,8-10H2,1-2H3,(H,17,19)(H,20,21). The molecule has 0 aliphatic heterocycles. The largest absolute Gasteiger partial charge is 0.478 e. The van der Waals surface area contributed by atoms with Crippen LogP contribution in [0.2, 0.25) is 0 Å². The number of carbonyl (C=O) groups excluding carboxylic acids is 1. The lowest BCUT2D eigenvalue weighted by Crippen LogP contribution is -2.36. The zero-order valence-corrected chi connectivity index (χ0v) is 12.6. The van der Waals surface area contributed by atoms with Crippen LogP contribution in [0.3, 0.4) is 0 Å². The molecule has 2 rings (SSSR count). The summed E-state index contributed by atoms with van der Waals surface area (Å²) in [6.07, 6.45) is 5.85. The Kier molecular flexibility index (Phi) is 4.60. The molecular weight excluding hydrogens is 268 g/mol. The number of aryl methyl sites for hydroxylation is 1. The number of amides is 1. The van der Waals surface area contributed by atoms with Gasteiger partial charge in [-0.2, -0.15) is 0 Å². The Labute approximate surface area is 124 Å². The summed E-state index contributed by atoms with van der Waals surface area (Å²) in [5.74, 6) is -1.25. The summed E-state index contributed by atoms with van der Waals surface area (Å²) in [6, 6.07) is 2.91. The van der Waals surface area contributed by atoms with Crippen LogP contribution in [-0.4, -0.2) is 28.5 Å². The maximum absolute atomic E-state index is 12.2. The van der Waals surface area contributed by atoms with Crippen molar-refractivity contribution < 1.29 is 14.7 Å². The lowest BCUT2D eigenvalue weighted by atomic mass is 9.83. The van der Waals surface area contributed by atoms with Gasteiger partial charge in [0, 0.05) is 6.54 Å². The lowest BCUT2D eigenvalue weighted by Gasteiger charge is -2.27. The number of carboxylic acid groups (broad SMARTS) is 1. The van der Waals surface area contributed by atoms with E-state index >= 15 is 0 Å². The Morgan fingerprint density at radius 3 is 2.52 bits per heavy atom. The van der Waals surface area contributed by atoms with Gasteiger partial charge in [0.05, 0.1) is 11.3 Å². The summed E-state index contributed by atoms with van der Waals surface area (Å²) < 4.78 is 0. The SMILES string of the molecule is CCC1(CNC(=O)c2ccc(C(=O)O)c(C)n2)CCCC1. The summed E-state index contributed by atoms with van der Waals surface area (Å²) in [5, 5.41) is 11.9. The first kappa shape index (κ1) is 15.5. The predicted octanol–water partition coefficient (Wildman–Crippen LogP) is 2.79. The average Bonchev–Trinajstić information content (AvgIpc) is 2.93. The summed E-state index contributed by atoms with van der Waals surface area (Å²) in [7, 11) is 0. The van der Waals surface area contributed by atoms with Crippen molar-refractivity contribution >= 4 is 11.9 Å². The van der Waals surface area contributed by atoms with E-state index in [0.717, 1.165) is 19.3 Å². The summed E-state index contributed by atoms with van der Waals surface area (Å²) in [6.45, 7) is 4.44. The topological polar surface area (TPSA) is 79.3 Å². The van der Waals surface area contributed by atoms with Crippen LogP contribution < -0.4 is 5.32 Å². The van der Waals surface area contributed by atoms with E-state index in [1.165, 1.54) is 25.0 Å². The molecule has 1 amide bonds. The molecule has 2 N–H and O–H groups in total. The van der Waals surface area contributed by atoms with Crippen LogP contribution in [0, 0.1) is 12.3 Å². The normalized spacial score (nSPS) is 16.7. The molecule has 114 valence electrons. The molecule has 1 fully saturated rings. The highest BCUT2D eigenvalue weighted by Crippen LogP contribution is 2.40. The van der Waals surface area contributed by atoms with Crippen LogP contribution in [0.1, 0.15) is 65.6 Å². The predicted molar refractivity (Wildman–Crippen MR) is 79.5 cm³/mol. The van der Waals surface area contributed by atoms with Crippen LogP contribution in [0.5, 0.6) is 0 Å². The molecule has 1 saturated carbocycles. The highest BCUT2D eigenvalue weighted by Gasteiger charge is 2.32. The van der Waals surface area contributed by atoms with Crippen LogP contribution in [-0.2, 0) is 0 Å². The number of rotatable bonds is 5. The van der Waals surface area contributed by atoms with E-state index in [1.807, 2.05) is 0 Å². The number of aromatic carboxylic acids is 1. The molecule has 1 heterocycles. The molecular formula is C16H22N2O3. The monoisotopic (exact) mass is 290 g/mol. The Morgan fingerprint density at radius 2 is 2.00 bits per heavy atom. The van der Waals surface area contributed by atoms with Gasteiger partial charge in [0.2, 0.25) is 0 Å². The molecule has 0 saturated heterocycles. The number of nitrogens with zero attached hydrogens (tertiary/aromatic N) is 1. The minimum Gasteiger partial charge on any atom is -0.478 e. The average molecular weight is 290 g/mol. The number of hydrogen-bond acceptors (Lipinski definition) is 3. The Balaban J connectivity index is 2.03. The maximum atomic E-state index is 12.2. The molecule has 0 aromatic carbocycles. The molecule has 1 aromatic rings. The van der Waals surface area contributed by atoms with Crippen molar-refractivity contribution in [1.82, 2.24) is 10.3 Å². The highest BCUT2D eigenvalue weighted by atomic mass is 16.4. The van der Waals surface area contributed by atoms with E-state index in [9.17, 15) is 9.59 Å². The van der Waals surface area contributed by atoms with Crippen molar-refractivity contribution in [3.8, 4) is 0 Å². The first-order chi connectivity index (χ1) is 9.97. The van der Waals surface area contributed by atoms with Crippen molar-refractivity contribution in [3.63, 3.8) is 0 Å². The summed E-state index contributed by atoms with van der Waals surface area (Å²) in [4.78, 5) is 27.2. The van der Waals surface area contributed by atoms with E-state index < -0.39 is 5.97 Å². The fraction of sp³-hybridized carbons (Fsp3) is 0.562. The molecule has 0 atom stereocenters. The van der Waals surface area contributed by atoms with E-state index in [2.05, 4.69) is 17.2 Å². The van der Waals surface area contributed by atoms with E-state index in [1.54, 1.807) is 6.92 Å². The molecule has 0 radical (unpaired) electrons. The molecule has 0 bridgehead atoms. The van der Waals surface area contributed by atoms with Gasteiger partial charge >= 0.3 is 5.97 Å². The van der Waals surface area contributed by atoms with Gasteiger partial charge in [-0.15, -0.1) is 0 Å². The van der Waals surface area contributed by atoms with Gasteiger partial charge in [-0.05, 0) is 43.7 Å². The van der Waals surface area contributed by atoms with E-state index in [0.29, 0.717) is 12.2 Å². The number of carboxylic acids is 1. The molecule has 1 aliphatic carbocycles. The van der Waals surface area contributed by atoms with Crippen LogP contribution in [0.15, 0.2) is 12.1 Å². The maximum Gasteiger partial charge on any atom is 0.337 e. The minimum absolute atomic E-state index is 0.132. The Bertz CT molecular complexity index is 548. The number of aromatic nitrogens is 1. The van der Waals surface area contributed by atoms with Crippen LogP contribution >= 0.6 is 0 Å². The fourth-order valence-electron chi connectivity index (χ4n) is 3.05. The fourth-order valence-corrected chi connectivity index (χ4v) is 3.05. The third-order valence-corrected chi connectivity index (χ3v) is 4.59. The number of nitrogens with one attached hydrogen (secondary N) is 1. The van der Waals surface area contributed by atoms with Crippen molar-refractivity contribution in [2.75, 3.05) is 6.54 Å². The zero-order valence-electron chi connectivity index (χ0n) is 12.6. The van der Waals surface area contributed by atoms with Crippen LogP contribution in [0.4, 0.5) is 0 Å². The number of hydrogen-bond donors (Lipinski definition) is 2. The van der Waals surface area contributed by atoms with Gasteiger partial charge in [0.15, 0.2) is 0 Å². The van der Waals surface area contributed by atoms with E-state index in [4.69, 9.17) is 5.11 Å². The first-order valence-electron chi connectivity index (χ1n) is 7.46. The van der Waals surface area contributed by atoms with Gasteiger partial charge < -0.3 is 10.4 Å². The highest BCUT2D eigenvalue weighted by molar-refractivity contribution is 5.94. The first-order valence-corrected chi connectivity index (χ1v) is 7.46. The third-order valence-electron chi connectivity index (χ3n) is 4.59. The second-order valence-electron chi connectivity index (χ2n) is 5.88. The van der Waals surface area contributed by atoms with Crippen molar-refractivity contribution in [1.29, 1.82) is 0 Å². The lowest BCUT2D eigenvalue weighted by molar-refractivity contribution is 0.0694. The molecule has 0 unspecified atom stereocenters. The summed E-state index contributed by atoms with van der Waals surface area (Å²) in [5.41, 5.74) is 1.00. The minimum atomic E-state index is -1.03. The van der Waals surface area contributed by atoms with Gasteiger partial charge in [-0.3, -0.25) is 4.79 Å². The molecule has 0 spiro atoms. The molecule has 1 aromatic heterocycles. The van der Waals surface area contributed by atoms with Crippen LogP contribution in [0.25, 0.3) is 0 Å². The smallest absolute Gasteiger partial charge is 0.337 e. The zero-order chi connectivity index (χ0) is 15.5. The Morgan fingerprint density at radius 1 is 1.33 bits per heavy atom. The second-order valence-corrected chi connectivity index (χ2v) is 5.88. The van der Waals surface area contributed by atoms with Crippen molar-refractivity contribution in [3.05, 3.63) is 29.1 Å². The molecule has 5 nitrogen and oxygen atoms in total. The van der Waals surface area contributed by atoms with E-state index in [-0.39, 0.29) is 22.6 Å². The number of pyridine rings is 1. The Hall–Kier alpha value is -1.91. The third kappa shape index (κ3) is 3.40. The van der Waals surface area contributed by atoms with Crippen molar-refractivity contribution in [2.45, 2.75) is 46.0 Å².